The molecule has 0 saturated heterocycles. The summed E-state index contributed by atoms with van der Waals surface area (Å²) in [6.07, 6.45) is 2.27. The summed E-state index contributed by atoms with van der Waals surface area (Å²) in [6.45, 7) is 9.12. The van der Waals surface area contributed by atoms with Gasteiger partial charge in [0.25, 0.3) is 0 Å². The molecule has 21 heavy (non-hydrogen) atoms. The fraction of sp³-hybridized carbons (Fsp3) is 0.647. The summed E-state index contributed by atoms with van der Waals surface area (Å²) in [4.78, 5) is 0. The van der Waals surface area contributed by atoms with Crippen LogP contribution in [0, 0.1) is 17.0 Å². The highest BCUT2D eigenvalue weighted by Gasteiger charge is 2.51. The first-order chi connectivity index (χ1) is 9.92. The minimum absolute atomic E-state index is 0.0152. The van der Waals surface area contributed by atoms with Crippen LogP contribution in [0.3, 0.4) is 0 Å². The van der Waals surface area contributed by atoms with Crippen LogP contribution in [0.25, 0.3) is 0 Å². The van der Waals surface area contributed by atoms with Gasteiger partial charge < -0.3 is 10.1 Å². The van der Waals surface area contributed by atoms with Crippen LogP contribution in [0.2, 0.25) is 0 Å². The topological polar surface area (TPSA) is 21.3 Å². The zero-order valence-electron chi connectivity index (χ0n) is 13.2. The highest BCUT2D eigenvalue weighted by molar-refractivity contribution is 5.21. The maximum absolute atomic E-state index is 13.3. The van der Waals surface area contributed by atoms with Gasteiger partial charge in [-0.2, -0.15) is 0 Å². The van der Waals surface area contributed by atoms with Crippen molar-refractivity contribution in [2.75, 3.05) is 6.61 Å². The third-order valence-electron chi connectivity index (χ3n) is 5.01. The zero-order chi connectivity index (χ0) is 15.6. The molecule has 1 saturated carbocycles. The normalized spacial score (nSPS) is 30.0. The van der Waals surface area contributed by atoms with Crippen molar-refractivity contribution < 1.29 is 13.5 Å². The number of hydrogen-bond donors (Lipinski definition) is 1. The first-order valence-corrected chi connectivity index (χ1v) is 7.75. The fourth-order valence-electron chi connectivity index (χ4n) is 3.19. The first kappa shape index (κ1) is 16.4. The summed E-state index contributed by atoms with van der Waals surface area (Å²) in [7, 11) is 0. The predicted octanol–water partition coefficient (Wildman–Crippen LogP) is 4.21. The Bertz CT molecular complexity index is 494. The molecule has 4 heteroatoms. The summed E-state index contributed by atoms with van der Waals surface area (Å²) in [5, 5.41) is 3.54. The second kappa shape index (κ2) is 6.41. The molecule has 0 aliphatic heterocycles. The second-order valence-electron chi connectivity index (χ2n) is 6.15. The monoisotopic (exact) mass is 297 g/mol. The third-order valence-corrected chi connectivity index (χ3v) is 5.01. The van der Waals surface area contributed by atoms with Gasteiger partial charge in [-0.05, 0) is 44.4 Å². The molecule has 0 aromatic heterocycles. The van der Waals surface area contributed by atoms with Crippen LogP contribution in [0.1, 0.15) is 52.1 Å². The summed E-state index contributed by atoms with van der Waals surface area (Å²) >= 11 is 0. The van der Waals surface area contributed by atoms with E-state index in [1.807, 2.05) is 13.8 Å². The minimum atomic E-state index is -0.801. The van der Waals surface area contributed by atoms with Gasteiger partial charge in [0, 0.05) is 24.1 Å². The van der Waals surface area contributed by atoms with Crippen molar-refractivity contribution in [2.45, 2.75) is 58.7 Å². The number of ether oxygens (including phenoxy) is 1. The van der Waals surface area contributed by atoms with Crippen LogP contribution in [0.5, 0.6) is 0 Å². The smallest absolute Gasteiger partial charge is 0.159 e. The van der Waals surface area contributed by atoms with Gasteiger partial charge in [0.05, 0.1) is 6.10 Å². The quantitative estimate of drug-likeness (QED) is 0.849. The van der Waals surface area contributed by atoms with Crippen molar-refractivity contribution in [3.05, 3.63) is 35.4 Å². The number of nitrogens with one attached hydrogen (secondary N) is 1. The Morgan fingerprint density at radius 1 is 1.33 bits per heavy atom. The zero-order valence-corrected chi connectivity index (χ0v) is 13.2. The van der Waals surface area contributed by atoms with Gasteiger partial charge in [-0.3, -0.25) is 0 Å². The van der Waals surface area contributed by atoms with Crippen LogP contribution in [0.15, 0.2) is 18.2 Å². The van der Waals surface area contributed by atoms with Crippen molar-refractivity contribution in [2.24, 2.45) is 5.41 Å². The van der Waals surface area contributed by atoms with Crippen LogP contribution in [-0.2, 0) is 4.74 Å². The molecule has 1 fully saturated rings. The molecular formula is C17H25F2NO. The number of benzene rings is 1. The van der Waals surface area contributed by atoms with E-state index in [4.69, 9.17) is 4.74 Å². The maximum atomic E-state index is 13.3. The van der Waals surface area contributed by atoms with Crippen molar-refractivity contribution in [1.82, 2.24) is 5.32 Å². The summed E-state index contributed by atoms with van der Waals surface area (Å²) < 4.78 is 32.1. The third kappa shape index (κ3) is 3.11. The van der Waals surface area contributed by atoms with Crippen molar-refractivity contribution >= 4 is 0 Å². The van der Waals surface area contributed by atoms with E-state index in [0.29, 0.717) is 6.04 Å². The molecule has 1 aromatic rings. The van der Waals surface area contributed by atoms with Crippen molar-refractivity contribution in [3.8, 4) is 0 Å². The summed E-state index contributed by atoms with van der Waals surface area (Å²) in [6, 6.07) is 4.42. The standard InChI is InChI=1S/C17H25F2NO/c1-5-17(4)15(10-16(17)21-6-2)20-11(3)12-7-8-13(18)14(19)9-12/h7-9,11,15-16,20H,5-6,10H2,1-4H3. The lowest BCUT2D eigenvalue weighted by atomic mass is 9.61. The Hall–Kier alpha value is -1.00. The average Bonchev–Trinajstić information content (AvgIpc) is 2.47. The molecule has 1 aliphatic rings. The van der Waals surface area contributed by atoms with Gasteiger partial charge in [0.2, 0.25) is 0 Å². The molecule has 1 aromatic carbocycles. The van der Waals surface area contributed by atoms with Crippen LogP contribution in [0.4, 0.5) is 8.78 Å². The molecule has 2 nitrogen and oxygen atoms in total. The largest absolute Gasteiger partial charge is 0.378 e. The molecule has 0 radical (unpaired) electrons. The summed E-state index contributed by atoms with van der Waals surface area (Å²) in [5.41, 5.74) is 0.871. The Labute approximate surface area is 125 Å². The van der Waals surface area contributed by atoms with E-state index in [1.54, 1.807) is 6.07 Å². The first-order valence-electron chi connectivity index (χ1n) is 7.75. The average molecular weight is 297 g/mol. The molecule has 1 N–H and O–H groups in total. The molecule has 118 valence electrons. The number of halogens is 2. The Balaban J connectivity index is 2.03. The molecular weight excluding hydrogens is 272 g/mol. The fourth-order valence-corrected chi connectivity index (χ4v) is 3.19. The molecule has 1 aliphatic carbocycles. The maximum Gasteiger partial charge on any atom is 0.159 e. The molecule has 0 heterocycles. The lowest BCUT2D eigenvalue weighted by Crippen LogP contribution is -2.62. The minimum Gasteiger partial charge on any atom is -0.378 e. The van der Waals surface area contributed by atoms with Crippen molar-refractivity contribution in [1.29, 1.82) is 0 Å². The lowest BCUT2D eigenvalue weighted by Gasteiger charge is -2.54. The molecule has 4 unspecified atom stereocenters. The van der Waals surface area contributed by atoms with Gasteiger partial charge in [0.15, 0.2) is 11.6 Å². The Kier molecular flexibility index (Phi) is 4.99. The van der Waals surface area contributed by atoms with E-state index in [2.05, 4.69) is 19.2 Å². The highest BCUT2D eigenvalue weighted by atomic mass is 19.2. The Morgan fingerprint density at radius 3 is 2.62 bits per heavy atom. The number of hydrogen-bond acceptors (Lipinski definition) is 2. The molecule has 2 rings (SSSR count). The van der Waals surface area contributed by atoms with Gasteiger partial charge in [-0.15, -0.1) is 0 Å². The van der Waals surface area contributed by atoms with E-state index < -0.39 is 11.6 Å². The highest BCUT2D eigenvalue weighted by Crippen LogP contribution is 2.46. The van der Waals surface area contributed by atoms with Crippen LogP contribution < -0.4 is 5.32 Å². The van der Waals surface area contributed by atoms with E-state index in [9.17, 15) is 8.78 Å². The molecule has 0 bridgehead atoms. The van der Waals surface area contributed by atoms with Crippen LogP contribution in [-0.4, -0.2) is 18.8 Å². The van der Waals surface area contributed by atoms with Crippen LogP contribution >= 0.6 is 0 Å². The molecule has 0 spiro atoms. The lowest BCUT2D eigenvalue weighted by molar-refractivity contribution is -0.127. The number of rotatable bonds is 6. The summed E-state index contributed by atoms with van der Waals surface area (Å²) in [5.74, 6) is -1.59. The SMILES string of the molecule is CCOC1CC(NC(C)c2ccc(F)c(F)c2)C1(C)CC. The predicted molar refractivity (Wildman–Crippen MR) is 80.1 cm³/mol. The Morgan fingerprint density at radius 2 is 2.05 bits per heavy atom. The van der Waals surface area contributed by atoms with Crippen molar-refractivity contribution in [3.63, 3.8) is 0 Å². The van der Waals surface area contributed by atoms with Gasteiger partial charge in [0.1, 0.15) is 0 Å². The van der Waals surface area contributed by atoms with E-state index in [-0.39, 0.29) is 17.6 Å². The van der Waals surface area contributed by atoms with Gasteiger partial charge in [-0.25, -0.2) is 8.78 Å². The van der Waals surface area contributed by atoms with Gasteiger partial charge >= 0.3 is 0 Å². The van der Waals surface area contributed by atoms with Gasteiger partial charge in [-0.1, -0.05) is 19.9 Å². The van der Waals surface area contributed by atoms with E-state index >= 15 is 0 Å². The molecule has 4 atom stereocenters. The van der Waals surface area contributed by atoms with E-state index in [1.165, 1.54) is 12.1 Å². The molecule has 0 amide bonds. The van der Waals surface area contributed by atoms with E-state index in [0.717, 1.165) is 25.0 Å². The second-order valence-corrected chi connectivity index (χ2v) is 6.15.